The number of carbonyl (C=O) groups is 1. The maximum atomic E-state index is 12.8. The van der Waals surface area contributed by atoms with Crippen molar-refractivity contribution >= 4 is 39.1 Å². The van der Waals surface area contributed by atoms with Gasteiger partial charge in [-0.3, -0.25) is 4.79 Å². The molecule has 2 aromatic carbocycles. The maximum Gasteiger partial charge on any atom is 0.243 e. The summed E-state index contributed by atoms with van der Waals surface area (Å²) in [6.07, 6.45) is 1.55. The standard InChI is InChI=1S/C21H24Cl2N2O4S/c1-29-17-5-7-18(8-6-17)30(27,28)25-13-10-16(11-14-25)21(26)24-12-9-15-3-2-4-19(22)20(15)23/h2-8,16H,9-14H2,1H3,(H,24,26). The van der Waals surface area contributed by atoms with E-state index in [2.05, 4.69) is 5.32 Å². The number of amides is 1. The molecular weight excluding hydrogens is 447 g/mol. The Morgan fingerprint density at radius 1 is 1.13 bits per heavy atom. The van der Waals surface area contributed by atoms with Crippen molar-refractivity contribution in [1.82, 2.24) is 9.62 Å². The molecule has 2 aromatic rings. The van der Waals surface area contributed by atoms with Gasteiger partial charge in [0.1, 0.15) is 5.75 Å². The summed E-state index contributed by atoms with van der Waals surface area (Å²) < 4.78 is 32.1. The quantitative estimate of drug-likeness (QED) is 0.668. The van der Waals surface area contributed by atoms with E-state index in [1.165, 1.54) is 23.5 Å². The predicted octanol–water partition coefficient (Wildman–Crippen LogP) is 3.76. The number of nitrogens with one attached hydrogen (secondary N) is 1. The van der Waals surface area contributed by atoms with Crippen LogP contribution in [-0.4, -0.2) is 45.4 Å². The Labute approximate surface area is 187 Å². The minimum absolute atomic E-state index is 0.0605. The van der Waals surface area contributed by atoms with Gasteiger partial charge >= 0.3 is 0 Å². The van der Waals surface area contributed by atoms with Crippen LogP contribution in [0.15, 0.2) is 47.4 Å². The van der Waals surface area contributed by atoms with Crippen molar-refractivity contribution in [2.45, 2.75) is 24.2 Å². The van der Waals surface area contributed by atoms with Crippen LogP contribution in [0.2, 0.25) is 10.0 Å². The molecule has 0 unspecified atom stereocenters. The molecule has 1 saturated heterocycles. The average Bonchev–Trinajstić information content (AvgIpc) is 2.76. The lowest BCUT2D eigenvalue weighted by Gasteiger charge is -2.30. The van der Waals surface area contributed by atoms with Crippen LogP contribution in [-0.2, 0) is 21.2 Å². The first-order valence-corrected chi connectivity index (χ1v) is 11.9. The molecular formula is C21H24Cl2N2O4S. The highest BCUT2D eigenvalue weighted by atomic mass is 35.5. The number of hydrogen-bond acceptors (Lipinski definition) is 4. The van der Waals surface area contributed by atoms with Gasteiger partial charge in [-0.15, -0.1) is 0 Å². The van der Waals surface area contributed by atoms with Gasteiger partial charge in [-0.25, -0.2) is 8.42 Å². The molecule has 9 heteroatoms. The Morgan fingerprint density at radius 3 is 2.43 bits per heavy atom. The molecule has 1 heterocycles. The van der Waals surface area contributed by atoms with Crippen molar-refractivity contribution in [3.05, 3.63) is 58.1 Å². The van der Waals surface area contributed by atoms with Crippen LogP contribution in [0.1, 0.15) is 18.4 Å². The summed E-state index contributed by atoms with van der Waals surface area (Å²) in [5, 5.41) is 3.92. The van der Waals surface area contributed by atoms with Crippen molar-refractivity contribution in [3.8, 4) is 5.75 Å². The monoisotopic (exact) mass is 470 g/mol. The third kappa shape index (κ3) is 5.27. The molecule has 0 aromatic heterocycles. The summed E-state index contributed by atoms with van der Waals surface area (Å²) in [4.78, 5) is 12.7. The van der Waals surface area contributed by atoms with Crippen LogP contribution in [0.4, 0.5) is 0 Å². The molecule has 1 N–H and O–H groups in total. The Balaban J connectivity index is 1.50. The number of piperidine rings is 1. The number of halogens is 2. The lowest BCUT2D eigenvalue weighted by atomic mass is 9.97. The second-order valence-electron chi connectivity index (χ2n) is 7.11. The molecule has 0 bridgehead atoms. The first-order valence-electron chi connectivity index (χ1n) is 9.67. The molecule has 1 aliphatic rings. The number of rotatable bonds is 7. The van der Waals surface area contributed by atoms with Crippen LogP contribution in [0.25, 0.3) is 0 Å². The van der Waals surface area contributed by atoms with Crippen molar-refractivity contribution in [3.63, 3.8) is 0 Å². The van der Waals surface area contributed by atoms with E-state index in [1.807, 2.05) is 12.1 Å². The number of sulfonamides is 1. The Kier molecular flexibility index (Phi) is 7.63. The minimum atomic E-state index is -3.58. The highest BCUT2D eigenvalue weighted by molar-refractivity contribution is 7.89. The van der Waals surface area contributed by atoms with Crippen LogP contribution in [0.3, 0.4) is 0 Å². The van der Waals surface area contributed by atoms with Gasteiger partial charge in [0.25, 0.3) is 0 Å². The molecule has 6 nitrogen and oxygen atoms in total. The molecule has 1 fully saturated rings. The topological polar surface area (TPSA) is 75.7 Å². The van der Waals surface area contributed by atoms with Gasteiger partial charge in [0.15, 0.2) is 0 Å². The Bertz CT molecular complexity index is 989. The number of benzene rings is 2. The maximum absolute atomic E-state index is 12.8. The van der Waals surface area contributed by atoms with E-state index in [9.17, 15) is 13.2 Å². The van der Waals surface area contributed by atoms with Gasteiger partial charge in [-0.1, -0.05) is 35.3 Å². The van der Waals surface area contributed by atoms with E-state index in [-0.39, 0.29) is 16.7 Å². The average molecular weight is 471 g/mol. The zero-order chi connectivity index (χ0) is 21.7. The van der Waals surface area contributed by atoms with E-state index in [4.69, 9.17) is 27.9 Å². The molecule has 1 aliphatic heterocycles. The Morgan fingerprint density at radius 2 is 1.80 bits per heavy atom. The van der Waals surface area contributed by atoms with E-state index >= 15 is 0 Å². The number of nitrogens with zero attached hydrogens (tertiary/aromatic N) is 1. The Hall–Kier alpha value is -1.80. The zero-order valence-corrected chi connectivity index (χ0v) is 18.9. The van der Waals surface area contributed by atoms with Gasteiger partial charge in [-0.05, 0) is 55.2 Å². The molecule has 1 amide bonds. The number of ether oxygens (including phenoxy) is 1. The van der Waals surface area contributed by atoms with Gasteiger partial charge in [0.05, 0.1) is 22.1 Å². The van der Waals surface area contributed by atoms with Crippen molar-refractivity contribution < 1.29 is 17.9 Å². The molecule has 0 saturated carbocycles. The molecule has 0 radical (unpaired) electrons. The van der Waals surface area contributed by atoms with Crippen LogP contribution in [0.5, 0.6) is 5.75 Å². The van der Waals surface area contributed by atoms with Crippen molar-refractivity contribution in [1.29, 1.82) is 0 Å². The molecule has 3 rings (SSSR count). The summed E-state index contributed by atoms with van der Waals surface area (Å²) in [5.74, 6) is 0.334. The van der Waals surface area contributed by atoms with Crippen LogP contribution < -0.4 is 10.1 Å². The lowest BCUT2D eigenvalue weighted by molar-refractivity contribution is -0.126. The highest BCUT2D eigenvalue weighted by Gasteiger charge is 2.32. The summed E-state index contributed by atoms with van der Waals surface area (Å²) in [7, 11) is -2.05. The molecule has 0 spiro atoms. The van der Waals surface area contributed by atoms with Crippen LogP contribution in [0, 0.1) is 5.92 Å². The molecule has 30 heavy (non-hydrogen) atoms. The fourth-order valence-corrected chi connectivity index (χ4v) is 5.35. The normalized spacial score (nSPS) is 15.7. The van der Waals surface area contributed by atoms with Gasteiger partial charge in [0, 0.05) is 25.6 Å². The lowest BCUT2D eigenvalue weighted by Crippen LogP contribution is -2.43. The van der Waals surface area contributed by atoms with E-state index < -0.39 is 10.0 Å². The smallest absolute Gasteiger partial charge is 0.243 e. The van der Waals surface area contributed by atoms with E-state index in [0.717, 1.165) is 5.56 Å². The summed E-state index contributed by atoms with van der Waals surface area (Å²) in [6, 6.07) is 11.7. The molecule has 0 aliphatic carbocycles. The third-order valence-corrected chi connectivity index (χ3v) is 8.02. The molecule has 162 valence electrons. The molecule has 0 atom stereocenters. The SMILES string of the molecule is COc1ccc(S(=O)(=O)N2CCC(C(=O)NCCc3cccc(Cl)c3Cl)CC2)cc1. The largest absolute Gasteiger partial charge is 0.497 e. The first kappa shape index (κ1) is 22.9. The summed E-state index contributed by atoms with van der Waals surface area (Å²) in [5.41, 5.74) is 0.880. The summed E-state index contributed by atoms with van der Waals surface area (Å²) in [6.45, 7) is 1.07. The van der Waals surface area contributed by atoms with Gasteiger partial charge in [0.2, 0.25) is 15.9 Å². The third-order valence-electron chi connectivity index (χ3n) is 5.25. The second kappa shape index (κ2) is 10.0. The van der Waals surface area contributed by atoms with Crippen LogP contribution >= 0.6 is 23.2 Å². The minimum Gasteiger partial charge on any atom is -0.497 e. The van der Waals surface area contributed by atoms with Gasteiger partial charge in [-0.2, -0.15) is 4.31 Å². The fraction of sp³-hybridized carbons (Fsp3) is 0.381. The zero-order valence-electron chi connectivity index (χ0n) is 16.6. The van der Waals surface area contributed by atoms with E-state index in [0.29, 0.717) is 54.7 Å². The van der Waals surface area contributed by atoms with Gasteiger partial charge < -0.3 is 10.1 Å². The fourth-order valence-electron chi connectivity index (χ4n) is 3.46. The van der Waals surface area contributed by atoms with E-state index in [1.54, 1.807) is 18.2 Å². The predicted molar refractivity (Wildman–Crippen MR) is 118 cm³/mol. The number of hydrogen-bond donors (Lipinski definition) is 1. The first-order chi connectivity index (χ1) is 14.3. The number of methoxy groups -OCH3 is 1. The summed E-state index contributed by atoms with van der Waals surface area (Å²) >= 11 is 12.2. The van der Waals surface area contributed by atoms with Crippen molar-refractivity contribution in [2.24, 2.45) is 5.92 Å². The number of carbonyl (C=O) groups excluding carboxylic acids is 1. The highest BCUT2D eigenvalue weighted by Crippen LogP contribution is 2.27. The van der Waals surface area contributed by atoms with Crippen molar-refractivity contribution in [2.75, 3.05) is 26.7 Å². The second-order valence-corrected chi connectivity index (χ2v) is 9.83.